The van der Waals surface area contributed by atoms with Gasteiger partial charge >= 0.3 is 0 Å². The van der Waals surface area contributed by atoms with Gasteiger partial charge in [0.05, 0.1) is 55.1 Å². The standard InChI is InChI=1S/C32H37ClFN7O4/c1-3-31(42)38-24-17-25(28(43-2)18-27(24)40-10-7-21(8-11-40)39-12-15-44-16-13-39)37-29-19-30(36-20-35-29)41-26(9-14-45-41)22-5-4-6-23(33)32(22)34/h3-6,17-21,26H,1,7-16H2,2H3,(H,38,42)(H,35,36,37). The fraction of sp³-hybridized carbons (Fsp3) is 0.406. The van der Waals surface area contributed by atoms with Crippen LogP contribution < -0.4 is 25.3 Å². The summed E-state index contributed by atoms with van der Waals surface area (Å²) in [6.45, 7) is 9.20. The van der Waals surface area contributed by atoms with Crippen molar-refractivity contribution >= 4 is 46.2 Å². The van der Waals surface area contributed by atoms with Crippen molar-refractivity contribution in [2.75, 3.05) is 73.7 Å². The van der Waals surface area contributed by atoms with Crippen molar-refractivity contribution in [2.24, 2.45) is 0 Å². The molecule has 0 radical (unpaired) electrons. The maximum absolute atomic E-state index is 14.9. The largest absolute Gasteiger partial charge is 0.494 e. The van der Waals surface area contributed by atoms with E-state index in [9.17, 15) is 9.18 Å². The van der Waals surface area contributed by atoms with Crippen molar-refractivity contribution in [3.63, 3.8) is 0 Å². The zero-order valence-corrected chi connectivity index (χ0v) is 25.9. The predicted octanol–water partition coefficient (Wildman–Crippen LogP) is 5.33. The van der Waals surface area contributed by atoms with Gasteiger partial charge in [-0.25, -0.2) is 19.4 Å². The van der Waals surface area contributed by atoms with Crippen LogP contribution in [0.1, 0.15) is 30.9 Å². The fourth-order valence-corrected chi connectivity index (χ4v) is 6.41. The zero-order chi connectivity index (χ0) is 31.3. The van der Waals surface area contributed by atoms with Crippen molar-refractivity contribution in [3.8, 4) is 5.75 Å². The fourth-order valence-electron chi connectivity index (χ4n) is 6.22. The van der Waals surface area contributed by atoms with Gasteiger partial charge in [0.1, 0.15) is 23.7 Å². The van der Waals surface area contributed by atoms with Gasteiger partial charge in [-0.2, -0.15) is 0 Å². The number of benzene rings is 2. The van der Waals surface area contributed by atoms with Gasteiger partial charge in [0.15, 0.2) is 5.82 Å². The molecule has 3 saturated heterocycles. The minimum absolute atomic E-state index is 0.0563. The Kier molecular flexibility index (Phi) is 9.64. The molecule has 6 rings (SSSR count). The first kappa shape index (κ1) is 31.0. The lowest BCUT2D eigenvalue weighted by Crippen LogP contribution is -2.49. The Labute approximate surface area is 266 Å². The molecule has 1 aromatic heterocycles. The lowest BCUT2D eigenvalue weighted by molar-refractivity contribution is -0.111. The smallest absolute Gasteiger partial charge is 0.247 e. The van der Waals surface area contributed by atoms with E-state index in [4.69, 9.17) is 25.9 Å². The number of anilines is 5. The summed E-state index contributed by atoms with van der Waals surface area (Å²) in [5.41, 5.74) is 2.52. The number of amides is 1. The molecule has 1 amide bonds. The first-order chi connectivity index (χ1) is 21.9. The van der Waals surface area contributed by atoms with E-state index < -0.39 is 11.9 Å². The molecule has 1 atom stereocenters. The van der Waals surface area contributed by atoms with E-state index in [1.165, 1.54) is 18.5 Å². The van der Waals surface area contributed by atoms with Crippen molar-refractivity contribution in [2.45, 2.75) is 31.3 Å². The lowest BCUT2D eigenvalue weighted by Gasteiger charge is -2.41. The summed E-state index contributed by atoms with van der Waals surface area (Å²) in [5.74, 6) is 0.697. The average molecular weight is 638 g/mol. The van der Waals surface area contributed by atoms with E-state index >= 15 is 0 Å². The highest BCUT2D eigenvalue weighted by Gasteiger charge is 2.32. The molecule has 3 aromatic rings. The van der Waals surface area contributed by atoms with E-state index in [1.807, 2.05) is 12.1 Å². The highest BCUT2D eigenvalue weighted by Crippen LogP contribution is 2.41. The van der Waals surface area contributed by atoms with Crippen LogP contribution in [0.15, 0.2) is 55.4 Å². The molecule has 4 heterocycles. The number of hydrogen-bond acceptors (Lipinski definition) is 10. The topological polar surface area (TPSA) is 104 Å². The predicted molar refractivity (Wildman–Crippen MR) is 172 cm³/mol. The SMILES string of the molecule is C=CC(=O)Nc1cc(Nc2cc(N3OCCC3c3cccc(Cl)c3F)ncn2)c(OC)cc1N1CCC(N2CCOCC2)CC1. The van der Waals surface area contributed by atoms with Crippen LogP contribution in [-0.2, 0) is 14.4 Å². The number of carbonyl (C=O) groups is 1. The Morgan fingerprint density at radius 2 is 1.89 bits per heavy atom. The Bertz CT molecular complexity index is 1530. The number of morpholine rings is 1. The molecular formula is C32H37ClFN7O4. The van der Waals surface area contributed by atoms with Crippen molar-refractivity contribution in [1.82, 2.24) is 14.9 Å². The monoisotopic (exact) mass is 637 g/mol. The molecule has 0 bridgehead atoms. The van der Waals surface area contributed by atoms with Gasteiger partial charge in [0.25, 0.3) is 0 Å². The van der Waals surface area contributed by atoms with E-state index in [2.05, 4.69) is 37.0 Å². The molecule has 45 heavy (non-hydrogen) atoms. The minimum atomic E-state index is -0.476. The maximum atomic E-state index is 14.9. The summed E-state index contributed by atoms with van der Waals surface area (Å²) in [6.07, 6.45) is 5.25. The first-order valence-electron chi connectivity index (χ1n) is 15.1. The molecule has 3 aliphatic rings. The molecule has 0 saturated carbocycles. The van der Waals surface area contributed by atoms with Crippen LogP contribution in [0.5, 0.6) is 5.75 Å². The number of nitrogens with one attached hydrogen (secondary N) is 2. The van der Waals surface area contributed by atoms with E-state index in [0.29, 0.717) is 53.4 Å². The molecule has 2 N–H and O–H groups in total. The van der Waals surface area contributed by atoms with Crippen LogP contribution in [0.4, 0.5) is 33.1 Å². The van der Waals surface area contributed by atoms with Crippen molar-refractivity contribution in [3.05, 3.63) is 71.8 Å². The lowest BCUT2D eigenvalue weighted by atomic mass is 10.0. The van der Waals surface area contributed by atoms with Crippen LogP contribution in [0, 0.1) is 5.82 Å². The van der Waals surface area contributed by atoms with Gasteiger partial charge in [-0.3, -0.25) is 14.5 Å². The highest BCUT2D eigenvalue weighted by atomic mass is 35.5. The number of halogens is 2. The number of hydroxylamine groups is 1. The Morgan fingerprint density at radius 3 is 2.64 bits per heavy atom. The second-order valence-corrected chi connectivity index (χ2v) is 11.5. The van der Waals surface area contributed by atoms with E-state index in [-0.39, 0.29) is 10.9 Å². The number of ether oxygens (including phenoxy) is 2. The minimum Gasteiger partial charge on any atom is -0.494 e. The summed E-state index contributed by atoms with van der Waals surface area (Å²) < 4.78 is 26.2. The van der Waals surface area contributed by atoms with Crippen LogP contribution >= 0.6 is 11.6 Å². The normalized spacial score (nSPS) is 19.4. The summed E-state index contributed by atoms with van der Waals surface area (Å²) in [6, 6.07) is 10.5. The summed E-state index contributed by atoms with van der Waals surface area (Å²) >= 11 is 6.06. The van der Waals surface area contributed by atoms with Gasteiger partial charge < -0.3 is 25.0 Å². The van der Waals surface area contributed by atoms with E-state index in [0.717, 1.165) is 57.9 Å². The highest BCUT2D eigenvalue weighted by molar-refractivity contribution is 6.30. The second-order valence-electron chi connectivity index (χ2n) is 11.1. The van der Waals surface area contributed by atoms with Crippen molar-refractivity contribution in [1.29, 1.82) is 0 Å². The third-order valence-corrected chi connectivity index (χ3v) is 8.81. The summed E-state index contributed by atoms with van der Waals surface area (Å²) in [4.78, 5) is 32.0. The number of rotatable bonds is 9. The number of hydrogen-bond donors (Lipinski definition) is 2. The number of carbonyl (C=O) groups excluding carboxylic acids is 1. The van der Waals surface area contributed by atoms with Crippen LogP contribution in [-0.4, -0.2) is 79.9 Å². The first-order valence-corrected chi connectivity index (χ1v) is 15.5. The van der Waals surface area contributed by atoms with Crippen LogP contribution in [0.3, 0.4) is 0 Å². The molecule has 0 aliphatic carbocycles. The van der Waals surface area contributed by atoms with Gasteiger partial charge in [0.2, 0.25) is 5.91 Å². The van der Waals surface area contributed by atoms with Crippen molar-refractivity contribution < 1.29 is 23.5 Å². The van der Waals surface area contributed by atoms with E-state index in [1.54, 1.807) is 30.4 Å². The molecule has 13 heteroatoms. The van der Waals surface area contributed by atoms with Crippen LogP contribution in [0.25, 0.3) is 0 Å². The molecular weight excluding hydrogens is 601 g/mol. The Morgan fingerprint density at radius 1 is 1.09 bits per heavy atom. The number of aromatic nitrogens is 2. The molecule has 3 fully saturated rings. The maximum Gasteiger partial charge on any atom is 0.247 e. The second kappa shape index (κ2) is 14.0. The van der Waals surface area contributed by atoms with Crippen LogP contribution in [0.2, 0.25) is 5.02 Å². The third kappa shape index (κ3) is 6.84. The molecule has 3 aliphatic heterocycles. The average Bonchev–Trinajstić information content (AvgIpc) is 3.57. The molecule has 2 aromatic carbocycles. The number of methoxy groups -OCH3 is 1. The number of nitrogens with zero attached hydrogens (tertiary/aromatic N) is 5. The zero-order valence-electron chi connectivity index (χ0n) is 25.2. The Balaban J connectivity index is 1.24. The molecule has 11 nitrogen and oxygen atoms in total. The molecule has 238 valence electrons. The molecule has 0 spiro atoms. The molecule has 1 unspecified atom stereocenters. The summed E-state index contributed by atoms with van der Waals surface area (Å²) in [7, 11) is 1.60. The quantitative estimate of drug-likeness (QED) is 0.299. The Hall–Kier alpha value is -3.97. The number of piperidine rings is 1. The van der Waals surface area contributed by atoms with Gasteiger partial charge in [-0.15, -0.1) is 0 Å². The van der Waals surface area contributed by atoms with Gasteiger partial charge in [0, 0.05) is 56.3 Å². The third-order valence-electron chi connectivity index (χ3n) is 8.51. The summed E-state index contributed by atoms with van der Waals surface area (Å²) in [5, 5.41) is 7.92. The van der Waals surface area contributed by atoms with Gasteiger partial charge in [-0.1, -0.05) is 30.3 Å². The van der Waals surface area contributed by atoms with Gasteiger partial charge in [-0.05, 0) is 31.1 Å².